The van der Waals surface area contributed by atoms with E-state index < -0.39 is 6.16 Å². The minimum absolute atomic E-state index is 0.260. The molecule has 0 heterocycles. The minimum atomic E-state index is -0.726. The molecule has 0 unspecified atom stereocenters. The fourth-order valence-electron chi connectivity index (χ4n) is 2.80. The molecule has 0 aliphatic heterocycles. The Morgan fingerprint density at radius 1 is 0.967 bits per heavy atom. The van der Waals surface area contributed by atoms with Crippen LogP contribution in [0.2, 0.25) is 0 Å². The molecule has 0 saturated carbocycles. The molecule has 1 N–H and O–H groups in total. The molecule has 0 spiro atoms. The molecule has 1 aliphatic rings. The number of rotatable bonds is 9. The van der Waals surface area contributed by atoms with E-state index in [9.17, 15) is 4.79 Å². The summed E-state index contributed by atoms with van der Waals surface area (Å²) < 4.78 is 21.2. The van der Waals surface area contributed by atoms with Gasteiger partial charge in [-0.25, -0.2) is 4.79 Å². The Kier molecular flexibility index (Phi) is 7.66. The summed E-state index contributed by atoms with van der Waals surface area (Å²) >= 11 is 0. The number of hydrogen-bond acceptors (Lipinski definition) is 6. The minimum Gasteiger partial charge on any atom is -0.489 e. The maximum Gasteiger partial charge on any atom is 0.513 e. The summed E-state index contributed by atoms with van der Waals surface area (Å²) in [4.78, 5) is 11.3. The number of ether oxygens (including phenoxy) is 4. The van der Waals surface area contributed by atoms with Crippen molar-refractivity contribution in [2.45, 2.75) is 26.4 Å². The van der Waals surface area contributed by atoms with Gasteiger partial charge >= 0.3 is 6.16 Å². The van der Waals surface area contributed by atoms with Crippen LogP contribution in [0, 0.1) is 5.41 Å². The van der Waals surface area contributed by atoms with Crippen LogP contribution in [0.5, 0.6) is 17.2 Å². The molecule has 6 nitrogen and oxygen atoms in total. The van der Waals surface area contributed by atoms with Crippen molar-refractivity contribution in [1.29, 1.82) is 5.41 Å². The van der Waals surface area contributed by atoms with Crippen molar-refractivity contribution in [3.8, 4) is 17.2 Å². The number of hydrogen-bond donors (Lipinski definition) is 1. The standard InChI is InChI=1S/C24H25NO5/c1-2-27-24(26)30-22-14-12-21(13-15-22)28-16-18-8-10-20(11-9-18)29-17-23(25)19-6-4-3-5-7-19/h3-4,6,8-15,25H,2,5,7,16-17H2,1H3. The third-order valence-electron chi connectivity index (χ3n) is 4.40. The second-order valence-corrected chi connectivity index (χ2v) is 6.62. The zero-order valence-corrected chi connectivity index (χ0v) is 16.9. The van der Waals surface area contributed by atoms with E-state index in [4.69, 9.17) is 24.4 Å². The van der Waals surface area contributed by atoms with E-state index in [0.717, 1.165) is 29.7 Å². The summed E-state index contributed by atoms with van der Waals surface area (Å²) in [6, 6.07) is 14.4. The second-order valence-electron chi connectivity index (χ2n) is 6.62. The molecule has 3 rings (SSSR count). The average Bonchev–Trinajstić information content (AvgIpc) is 2.78. The molecule has 30 heavy (non-hydrogen) atoms. The van der Waals surface area contributed by atoms with Crippen molar-refractivity contribution in [3.63, 3.8) is 0 Å². The maximum absolute atomic E-state index is 11.3. The Morgan fingerprint density at radius 3 is 2.30 bits per heavy atom. The van der Waals surface area contributed by atoms with Crippen molar-refractivity contribution in [2.75, 3.05) is 13.2 Å². The predicted octanol–water partition coefficient (Wildman–Crippen LogP) is 5.48. The summed E-state index contributed by atoms with van der Waals surface area (Å²) in [5.74, 6) is 1.78. The summed E-state index contributed by atoms with van der Waals surface area (Å²) in [5.41, 5.74) is 2.53. The van der Waals surface area contributed by atoms with Gasteiger partial charge in [-0.2, -0.15) is 0 Å². The van der Waals surface area contributed by atoms with Crippen molar-refractivity contribution in [1.82, 2.24) is 0 Å². The topological polar surface area (TPSA) is 77.8 Å². The number of allylic oxidation sites excluding steroid dienone is 3. The molecule has 0 fully saturated rings. The van der Waals surface area contributed by atoms with Crippen LogP contribution < -0.4 is 14.2 Å². The molecule has 2 aromatic rings. The van der Waals surface area contributed by atoms with Crippen molar-refractivity contribution in [2.24, 2.45) is 0 Å². The van der Waals surface area contributed by atoms with E-state index in [1.807, 2.05) is 36.4 Å². The molecular formula is C24H25NO5. The lowest BCUT2D eigenvalue weighted by molar-refractivity contribution is 0.104. The van der Waals surface area contributed by atoms with E-state index in [2.05, 4.69) is 6.08 Å². The summed E-state index contributed by atoms with van der Waals surface area (Å²) in [6.45, 7) is 2.64. The van der Waals surface area contributed by atoms with Crippen molar-refractivity contribution in [3.05, 3.63) is 77.9 Å². The fraction of sp³-hybridized carbons (Fsp3) is 0.250. The van der Waals surface area contributed by atoms with E-state index in [0.29, 0.717) is 23.8 Å². The monoisotopic (exact) mass is 407 g/mol. The van der Waals surface area contributed by atoms with Gasteiger partial charge in [-0.05, 0) is 67.3 Å². The number of carbonyl (C=O) groups excluding carboxylic acids is 1. The highest BCUT2D eigenvalue weighted by Gasteiger charge is 2.08. The van der Waals surface area contributed by atoms with Gasteiger partial charge in [0.05, 0.1) is 12.3 Å². The van der Waals surface area contributed by atoms with Crippen LogP contribution >= 0.6 is 0 Å². The Balaban J connectivity index is 1.44. The third-order valence-corrected chi connectivity index (χ3v) is 4.40. The zero-order chi connectivity index (χ0) is 21.2. The summed E-state index contributed by atoms with van der Waals surface area (Å²) in [7, 11) is 0. The van der Waals surface area contributed by atoms with Gasteiger partial charge in [0.15, 0.2) is 0 Å². The lowest BCUT2D eigenvalue weighted by atomic mass is 10.0. The molecule has 0 aromatic heterocycles. The zero-order valence-electron chi connectivity index (χ0n) is 16.9. The van der Waals surface area contributed by atoms with Gasteiger partial charge in [-0.1, -0.05) is 30.4 Å². The van der Waals surface area contributed by atoms with Gasteiger partial charge in [0, 0.05) is 0 Å². The van der Waals surface area contributed by atoms with Gasteiger partial charge < -0.3 is 24.4 Å². The van der Waals surface area contributed by atoms with E-state index >= 15 is 0 Å². The number of carbonyl (C=O) groups is 1. The quantitative estimate of drug-likeness (QED) is 0.338. The number of benzene rings is 2. The highest BCUT2D eigenvalue weighted by atomic mass is 16.7. The molecule has 156 valence electrons. The van der Waals surface area contributed by atoms with Gasteiger partial charge in [-0.15, -0.1) is 0 Å². The Morgan fingerprint density at radius 2 is 1.63 bits per heavy atom. The molecular weight excluding hydrogens is 382 g/mol. The van der Waals surface area contributed by atoms with Crippen LogP contribution in [-0.4, -0.2) is 25.1 Å². The summed E-state index contributed by atoms with van der Waals surface area (Å²) in [6.07, 6.45) is 7.21. The second kappa shape index (κ2) is 10.9. The highest BCUT2D eigenvalue weighted by molar-refractivity contribution is 5.99. The smallest absolute Gasteiger partial charge is 0.489 e. The highest BCUT2D eigenvalue weighted by Crippen LogP contribution is 2.20. The van der Waals surface area contributed by atoms with Crippen LogP contribution in [0.15, 0.2) is 72.3 Å². The molecule has 0 amide bonds. The Labute approximate surface area is 176 Å². The fourth-order valence-corrected chi connectivity index (χ4v) is 2.80. The first-order chi connectivity index (χ1) is 14.6. The van der Waals surface area contributed by atoms with Gasteiger partial charge in [0.2, 0.25) is 0 Å². The predicted molar refractivity (Wildman–Crippen MR) is 115 cm³/mol. The van der Waals surface area contributed by atoms with E-state index in [1.165, 1.54) is 0 Å². The van der Waals surface area contributed by atoms with Crippen LogP contribution in [0.3, 0.4) is 0 Å². The molecule has 6 heteroatoms. The SMILES string of the molecule is CCOC(=O)Oc1ccc(OCc2ccc(OCC(=N)C3=CC=CCC3)cc2)cc1. The maximum atomic E-state index is 11.3. The number of nitrogens with one attached hydrogen (secondary N) is 1. The van der Waals surface area contributed by atoms with Crippen LogP contribution in [-0.2, 0) is 11.3 Å². The average molecular weight is 407 g/mol. The third kappa shape index (κ3) is 6.51. The van der Waals surface area contributed by atoms with Gasteiger partial charge in [0.1, 0.15) is 30.5 Å². The molecule has 2 aromatic carbocycles. The lowest BCUT2D eigenvalue weighted by Gasteiger charge is -2.12. The first kappa shape index (κ1) is 21.2. The molecule has 0 bridgehead atoms. The van der Waals surface area contributed by atoms with Gasteiger partial charge in [-0.3, -0.25) is 0 Å². The first-order valence-electron chi connectivity index (χ1n) is 9.86. The Bertz CT molecular complexity index is 914. The van der Waals surface area contributed by atoms with E-state index in [1.54, 1.807) is 31.2 Å². The molecule has 1 aliphatic carbocycles. The van der Waals surface area contributed by atoms with Crippen LogP contribution in [0.25, 0.3) is 0 Å². The van der Waals surface area contributed by atoms with Crippen LogP contribution in [0.4, 0.5) is 4.79 Å². The molecule has 0 atom stereocenters. The Hall–Kier alpha value is -3.54. The summed E-state index contributed by atoms with van der Waals surface area (Å²) in [5, 5.41) is 8.13. The normalized spacial score (nSPS) is 12.6. The van der Waals surface area contributed by atoms with Crippen molar-refractivity contribution >= 4 is 11.9 Å². The largest absolute Gasteiger partial charge is 0.513 e. The molecule has 0 saturated heterocycles. The van der Waals surface area contributed by atoms with E-state index in [-0.39, 0.29) is 13.2 Å². The van der Waals surface area contributed by atoms with Gasteiger partial charge in [0.25, 0.3) is 0 Å². The van der Waals surface area contributed by atoms with Crippen molar-refractivity contribution < 1.29 is 23.7 Å². The van der Waals surface area contributed by atoms with Crippen LogP contribution in [0.1, 0.15) is 25.3 Å². The molecule has 0 radical (unpaired) electrons. The first-order valence-corrected chi connectivity index (χ1v) is 9.86. The lowest BCUT2D eigenvalue weighted by Crippen LogP contribution is -2.13.